The van der Waals surface area contributed by atoms with Gasteiger partial charge >= 0.3 is 5.97 Å². The number of anilines is 1. The number of amides is 1. The Kier molecular flexibility index (Phi) is 4.53. The fourth-order valence-electron chi connectivity index (χ4n) is 1.86. The molecule has 0 heterocycles. The molecule has 4 N–H and O–H groups in total. The summed E-state index contributed by atoms with van der Waals surface area (Å²) in [7, 11) is 0. The van der Waals surface area contributed by atoms with Gasteiger partial charge in [-0.05, 0) is 44.0 Å². The van der Waals surface area contributed by atoms with E-state index in [4.69, 9.17) is 5.73 Å². The molecule has 0 aliphatic carbocycles. The normalized spacial score (nSPS) is 13.6. The maximum atomic E-state index is 12.1. The largest absolute Gasteiger partial charge is 0.480 e. The first-order valence-electron chi connectivity index (χ1n) is 6.22. The van der Waals surface area contributed by atoms with Crippen molar-refractivity contribution in [3.63, 3.8) is 0 Å². The summed E-state index contributed by atoms with van der Waals surface area (Å²) >= 11 is 0. The van der Waals surface area contributed by atoms with Crippen molar-refractivity contribution in [2.45, 2.75) is 39.2 Å². The van der Waals surface area contributed by atoms with Crippen LogP contribution in [0.15, 0.2) is 18.2 Å². The highest BCUT2D eigenvalue weighted by Gasteiger charge is 2.34. The third-order valence-electron chi connectivity index (χ3n) is 3.14. The molecule has 0 radical (unpaired) electrons. The van der Waals surface area contributed by atoms with Gasteiger partial charge < -0.3 is 16.2 Å². The van der Waals surface area contributed by atoms with Gasteiger partial charge in [-0.25, -0.2) is 4.79 Å². The van der Waals surface area contributed by atoms with Gasteiger partial charge in [0.25, 0.3) is 5.91 Å². The third kappa shape index (κ3) is 3.47. The molecule has 0 spiro atoms. The summed E-state index contributed by atoms with van der Waals surface area (Å²) in [6.45, 7) is 5.19. The lowest BCUT2D eigenvalue weighted by atomic mass is 9.95. The lowest BCUT2D eigenvalue weighted by molar-refractivity contribution is -0.144. The summed E-state index contributed by atoms with van der Waals surface area (Å²) in [5, 5.41) is 11.8. The Balaban J connectivity index is 2.94. The number of carbonyl (C=O) groups excluding carboxylic acids is 1. The average molecular weight is 264 g/mol. The Morgan fingerprint density at radius 3 is 2.53 bits per heavy atom. The van der Waals surface area contributed by atoms with Gasteiger partial charge in [0.05, 0.1) is 0 Å². The second-order valence-corrected chi connectivity index (χ2v) is 4.91. The van der Waals surface area contributed by atoms with Crippen molar-refractivity contribution >= 4 is 17.6 Å². The minimum absolute atomic E-state index is 0.377. The molecule has 0 saturated heterocycles. The summed E-state index contributed by atoms with van der Waals surface area (Å²) < 4.78 is 0. The predicted octanol–water partition coefficient (Wildman–Crippen LogP) is 1.95. The van der Waals surface area contributed by atoms with E-state index in [1.54, 1.807) is 25.1 Å². The molecule has 104 valence electrons. The maximum Gasteiger partial charge on any atom is 0.329 e. The topological polar surface area (TPSA) is 92.4 Å². The molecule has 0 saturated carbocycles. The highest BCUT2D eigenvalue weighted by atomic mass is 16.4. The van der Waals surface area contributed by atoms with Crippen molar-refractivity contribution in [3.8, 4) is 0 Å². The molecule has 0 aliphatic rings. The molecule has 1 rings (SSSR count). The van der Waals surface area contributed by atoms with E-state index in [0.717, 1.165) is 5.56 Å². The van der Waals surface area contributed by atoms with Crippen LogP contribution < -0.4 is 11.1 Å². The van der Waals surface area contributed by atoms with Gasteiger partial charge in [0.1, 0.15) is 5.54 Å². The van der Waals surface area contributed by atoms with Crippen LogP contribution in [0.5, 0.6) is 0 Å². The number of nitrogens with one attached hydrogen (secondary N) is 1. The van der Waals surface area contributed by atoms with Crippen LogP contribution in [0.1, 0.15) is 42.6 Å². The number of nitrogen functional groups attached to an aromatic ring is 1. The predicted molar refractivity (Wildman–Crippen MR) is 74.0 cm³/mol. The Morgan fingerprint density at radius 1 is 1.42 bits per heavy atom. The second kappa shape index (κ2) is 5.73. The average Bonchev–Trinajstić information content (AvgIpc) is 2.32. The number of hydrogen-bond donors (Lipinski definition) is 3. The van der Waals surface area contributed by atoms with Crippen molar-refractivity contribution in [2.75, 3.05) is 5.73 Å². The molecule has 5 heteroatoms. The Morgan fingerprint density at radius 2 is 2.05 bits per heavy atom. The monoisotopic (exact) mass is 264 g/mol. The van der Waals surface area contributed by atoms with Gasteiger partial charge in [0, 0.05) is 11.3 Å². The molecule has 1 amide bonds. The molecule has 0 aromatic heterocycles. The zero-order valence-corrected chi connectivity index (χ0v) is 11.5. The number of carbonyl (C=O) groups is 2. The van der Waals surface area contributed by atoms with Crippen molar-refractivity contribution < 1.29 is 14.7 Å². The van der Waals surface area contributed by atoms with Gasteiger partial charge in [0.15, 0.2) is 0 Å². The minimum atomic E-state index is -1.25. The minimum Gasteiger partial charge on any atom is -0.480 e. The number of rotatable bonds is 5. The zero-order chi connectivity index (χ0) is 14.6. The molecule has 0 bridgehead atoms. The molecule has 1 aromatic carbocycles. The van der Waals surface area contributed by atoms with Crippen molar-refractivity contribution in [3.05, 3.63) is 29.3 Å². The lowest BCUT2D eigenvalue weighted by Crippen LogP contribution is -2.52. The van der Waals surface area contributed by atoms with Crippen LogP contribution in [-0.2, 0) is 4.79 Å². The van der Waals surface area contributed by atoms with Crippen LogP contribution >= 0.6 is 0 Å². The lowest BCUT2D eigenvalue weighted by Gasteiger charge is -2.25. The van der Waals surface area contributed by atoms with Gasteiger partial charge in [-0.3, -0.25) is 4.79 Å². The molecule has 0 fully saturated rings. The highest BCUT2D eigenvalue weighted by Crippen LogP contribution is 2.16. The summed E-state index contributed by atoms with van der Waals surface area (Å²) in [4.78, 5) is 23.4. The second-order valence-electron chi connectivity index (χ2n) is 4.91. The van der Waals surface area contributed by atoms with E-state index < -0.39 is 17.4 Å². The first kappa shape index (κ1) is 15.0. The van der Waals surface area contributed by atoms with E-state index in [2.05, 4.69) is 5.32 Å². The van der Waals surface area contributed by atoms with Crippen LogP contribution in [0.2, 0.25) is 0 Å². The molecule has 1 aromatic rings. The smallest absolute Gasteiger partial charge is 0.329 e. The molecule has 1 atom stereocenters. The van der Waals surface area contributed by atoms with Gasteiger partial charge in [-0.2, -0.15) is 0 Å². The molecule has 1 unspecified atom stereocenters. The van der Waals surface area contributed by atoms with Crippen LogP contribution in [0.3, 0.4) is 0 Å². The van der Waals surface area contributed by atoms with Crippen molar-refractivity contribution in [2.24, 2.45) is 0 Å². The first-order valence-corrected chi connectivity index (χ1v) is 6.22. The summed E-state index contributed by atoms with van der Waals surface area (Å²) in [6.07, 6.45) is 1.05. The van der Waals surface area contributed by atoms with Crippen molar-refractivity contribution in [1.82, 2.24) is 5.32 Å². The number of carboxylic acids is 1. The number of benzene rings is 1. The zero-order valence-electron chi connectivity index (χ0n) is 11.5. The first-order chi connectivity index (χ1) is 8.80. The summed E-state index contributed by atoms with van der Waals surface area (Å²) in [5.74, 6) is -1.43. The maximum absolute atomic E-state index is 12.1. The number of aryl methyl sites for hydroxylation is 1. The molecular formula is C14H20N2O3. The van der Waals surface area contributed by atoms with Crippen LogP contribution in [-0.4, -0.2) is 22.5 Å². The fourth-order valence-corrected chi connectivity index (χ4v) is 1.86. The summed E-state index contributed by atoms with van der Waals surface area (Å²) in [5.41, 5.74) is 6.24. The van der Waals surface area contributed by atoms with Crippen LogP contribution in [0, 0.1) is 6.92 Å². The van der Waals surface area contributed by atoms with Crippen LogP contribution in [0.25, 0.3) is 0 Å². The summed E-state index contributed by atoms with van der Waals surface area (Å²) in [6, 6.07) is 4.88. The SMILES string of the molecule is CCCC(C)(NC(=O)c1ccc(N)c(C)c1)C(=O)O. The van der Waals surface area contributed by atoms with E-state index in [9.17, 15) is 14.7 Å². The van der Waals surface area contributed by atoms with Gasteiger partial charge in [0.2, 0.25) is 0 Å². The Labute approximate surface area is 112 Å². The molecular weight excluding hydrogens is 244 g/mol. The highest BCUT2D eigenvalue weighted by molar-refractivity contribution is 5.98. The van der Waals surface area contributed by atoms with Gasteiger partial charge in [-0.15, -0.1) is 0 Å². The standard InChI is InChI=1S/C14H20N2O3/c1-4-7-14(3,13(18)19)16-12(17)10-5-6-11(15)9(2)8-10/h5-6,8H,4,7,15H2,1-3H3,(H,16,17)(H,18,19). The number of aliphatic carboxylic acids is 1. The molecule has 0 aliphatic heterocycles. The van der Waals surface area contributed by atoms with Crippen LogP contribution in [0.4, 0.5) is 5.69 Å². The fraction of sp³-hybridized carbons (Fsp3) is 0.429. The molecule has 5 nitrogen and oxygen atoms in total. The van der Waals surface area contributed by atoms with Gasteiger partial charge in [-0.1, -0.05) is 13.3 Å². The van der Waals surface area contributed by atoms with E-state index in [1.807, 2.05) is 6.92 Å². The number of carboxylic acid groups (broad SMARTS) is 1. The van der Waals surface area contributed by atoms with E-state index in [0.29, 0.717) is 24.1 Å². The van der Waals surface area contributed by atoms with E-state index >= 15 is 0 Å². The van der Waals surface area contributed by atoms with Crippen molar-refractivity contribution in [1.29, 1.82) is 0 Å². The number of hydrogen-bond acceptors (Lipinski definition) is 3. The third-order valence-corrected chi connectivity index (χ3v) is 3.14. The number of nitrogens with two attached hydrogens (primary N) is 1. The van der Waals surface area contributed by atoms with E-state index in [-0.39, 0.29) is 0 Å². The quantitative estimate of drug-likeness (QED) is 0.709. The molecule has 19 heavy (non-hydrogen) atoms. The Bertz CT molecular complexity index is 499. The Hall–Kier alpha value is -2.04. The van der Waals surface area contributed by atoms with E-state index in [1.165, 1.54) is 6.92 Å².